The number of rotatable bonds is 4. The fourth-order valence-corrected chi connectivity index (χ4v) is 1.80. The first kappa shape index (κ1) is 12.2. The van der Waals surface area contributed by atoms with Crippen molar-refractivity contribution in [2.45, 2.75) is 24.6 Å². The zero-order valence-corrected chi connectivity index (χ0v) is 8.83. The van der Waals surface area contributed by atoms with Gasteiger partial charge in [0.05, 0.1) is 6.61 Å². The summed E-state index contributed by atoms with van der Waals surface area (Å²) in [6.45, 7) is 0.159. The van der Waals surface area contributed by atoms with Crippen LogP contribution in [-0.2, 0) is 10.3 Å². The summed E-state index contributed by atoms with van der Waals surface area (Å²) >= 11 is 0. The van der Waals surface area contributed by atoms with Crippen molar-refractivity contribution in [3.05, 3.63) is 29.8 Å². The van der Waals surface area contributed by atoms with Gasteiger partial charge in [0.25, 0.3) is 0 Å². The van der Waals surface area contributed by atoms with Gasteiger partial charge in [0.15, 0.2) is 0 Å². The standard InChI is InChI=1S/C11H11F3O3/c12-11(13,14)17-9-3-1-8(2-4-9)10(5-6-10)7-16-15/h1-4,15H,5-7H2. The van der Waals surface area contributed by atoms with Gasteiger partial charge in [0, 0.05) is 5.41 Å². The number of halogens is 3. The number of hydrogen-bond donors (Lipinski definition) is 1. The lowest BCUT2D eigenvalue weighted by molar-refractivity contribution is -0.274. The lowest BCUT2D eigenvalue weighted by Gasteiger charge is -2.14. The molecule has 0 amide bonds. The Labute approximate surface area is 95.7 Å². The SMILES string of the molecule is OOCC1(c2ccc(OC(F)(F)F)cc2)CC1. The van der Waals surface area contributed by atoms with Crippen LogP contribution < -0.4 is 4.74 Å². The van der Waals surface area contributed by atoms with E-state index >= 15 is 0 Å². The summed E-state index contributed by atoms with van der Waals surface area (Å²) in [5, 5.41) is 8.44. The Morgan fingerprint density at radius 1 is 1.18 bits per heavy atom. The zero-order valence-electron chi connectivity index (χ0n) is 8.83. The van der Waals surface area contributed by atoms with Crippen LogP contribution in [0, 0.1) is 0 Å². The van der Waals surface area contributed by atoms with Crippen LogP contribution in [0.4, 0.5) is 13.2 Å². The van der Waals surface area contributed by atoms with Crippen LogP contribution in [0.15, 0.2) is 24.3 Å². The van der Waals surface area contributed by atoms with Crippen LogP contribution in [0.5, 0.6) is 5.75 Å². The fourth-order valence-electron chi connectivity index (χ4n) is 1.80. The Balaban J connectivity index is 2.08. The van der Waals surface area contributed by atoms with Crippen molar-refractivity contribution in [3.63, 3.8) is 0 Å². The third-order valence-corrected chi connectivity index (χ3v) is 2.89. The molecule has 1 aliphatic carbocycles. The molecule has 0 radical (unpaired) electrons. The lowest BCUT2D eigenvalue weighted by Crippen LogP contribution is -2.17. The van der Waals surface area contributed by atoms with Crippen molar-refractivity contribution < 1.29 is 28.1 Å². The maximum Gasteiger partial charge on any atom is 0.573 e. The topological polar surface area (TPSA) is 38.7 Å². The molecule has 0 aliphatic heterocycles. The molecule has 0 saturated heterocycles. The average Bonchev–Trinajstić information content (AvgIpc) is 2.98. The molecule has 1 N–H and O–H groups in total. The molecule has 0 atom stereocenters. The molecule has 0 aromatic heterocycles. The van der Waals surface area contributed by atoms with Crippen LogP contribution in [0.1, 0.15) is 18.4 Å². The lowest BCUT2D eigenvalue weighted by atomic mass is 9.97. The van der Waals surface area contributed by atoms with Crippen LogP contribution in [0.2, 0.25) is 0 Å². The summed E-state index contributed by atoms with van der Waals surface area (Å²) in [5.74, 6) is -0.248. The molecule has 1 aliphatic rings. The van der Waals surface area contributed by atoms with E-state index in [2.05, 4.69) is 9.62 Å². The number of hydrogen-bond acceptors (Lipinski definition) is 3. The van der Waals surface area contributed by atoms with E-state index in [-0.39, 0.29) is 17.8 Å². The predicted octanol–water partition coefficient (Wildman–Crippen LogP) is 3.11. The fraction of sp³-hybridized carbons (Fsp3) is 0.455. The van der Waals surface area contributed by atoms with Crippen molar-refractivity contribution in [2.75, 3.05) is 6.61 Å². The largest absolute Gasteiger partial charge is 0.573 e. The minimum atomic E-state index is -4.67. The van der Waals surface area contributed by atoms with Gasteiger partial charge in [-0.3, -0.25) is 5.26 Å². The second-order valence-corrected chi connectivity index (χ2v) is 4.13. The number of ether oxygens (including phenoxy) is 1. The number of alkyl halides is 3. The Hall–Kier alpha value is -1.27. The van der Waals surface area contributed by atoms with E-state index in [4.69, 9.17) is 5.26 Å². The second-order valence-electron chi connectivity index (χ2n) is 4.13. The van der Waals surface area contributed by atoms with Gasteiger partial charge in [-0.1, -0.05) is 12.1 Å². The van der Waals surface area contributed by atoms with Crippen molar-refractivity contribution in [1.82, 2.24) is 0 Å². The molecule has 1 aromatic rings. The van der Waals surface area contributed by atoms with Crippen LogP contribution >= 0.6 is 0 Å². The summed E-state index contributed by atoms with van der Waals surface area (Å²) < 4.78 is 39.6. The average molecular weight is 248 g/mol. The minimum Gasteiger partial charge on any atom is -0.406 e. The van der Waals surface area contributed by atoms with E-state index in [1.54, 1.807) is 12.1 Å². The Bertz CT molecular complexity index is 382. The van der Waals surface area contributed by atoms with Gasteiger partial charge in [-0.05, 0) is 30.5 Å². The van der Waals surface area contributed by atoms with Gasteiger partial charge in [0.2, 0.25) is 0 Å². The third kappa shape index (κ3) is 2.89. The summed E-state index contributed by atoms with van der Waals surface area (Å²) in [6, 6.07) is 5.65. The second kappa shape index (κ2) is 4.19. The normalized spacial score (nSPS) is 17.9. The molecule has 17 heavy (non-hydrogen) atoms. The first-order chi connectivity index (χ1) is 7.95. The molecule has 0 unspecified atom stereocenters. The van der Waals surface area contributed by atoms with E-state index in [1.807, 2.05) is 0 Å². The highest BCUT2D eigenvalue weighted by Gasteiger charge is 2.44. The van der Waals surface area contributed by atoms with Gasteiger partial charge in [0.1, 0.15) is 5.75 Å². The Kier molecular flexibility index (Phi) is 3.01. The van der Waals surface area contributed by atoms with Gasteiger partial charge in [-0.25, -0.2) is 4.89 Å². The summed E-state index contributed by atoms with van der Waals surface area (Å²) in [6.07, 6.45) is -2.97. The third-order valence-electron chi connectivity index (χ3n) is 2.89. The van der Waals surface area contributed by atoms with E-state index in [0.717, 1.165) is 18.4 Å². The van der Waals surface area contributed by atoms with E-state index in [0.29, 0.717) is 0 Å². The van der Waals surface area contributed by atoms with E-state index in [1.165, 1.54) is 12.1 Å². The van der Waals surface area contributed by atoms with Crippen molar-refractivity contribution in [2.24, 2.45) is 0 Å². The smallest absolute Gasteiger partial charge is 0.406 e. The summed E-state index contributed by atoms with van der Waals surface area (Å²) in [5.41, 5.74) is 0.604. The molecule has 0 spiro atoms. The molecule has 1 saturated carbocycles. The molecule has 94 valence electrons. The molecule has 2 rings (SSSR count). The van der Waals surface area contributed by atoms with Crippen LogP contribution in [0.25, 0.3) is 0 Å². The maximum atomic E-state index is 11.9. The van der Waals surface area contributed by atoms with Crippen LogP contribution in [-0.4, -0.2) is 18.2 Å². The van der Waals surface area contributed by atoms with E-state index in [9.17, 15) is 13.2 Å². The van der Waals surface area contributed by atoms with Gasteiger partial charge < -0.3 is 4.74 Å². The summed E-state index contributed by atoms with van der Waals surface area (Å²) in [7, 11) is 0. The molecule has 1 aromatic carbocycles. The van der Waals surface area contributed by atoms with Gasteiger partial charge in [-0.15, -0.1) is 13.2 Å². The minimum absolute atomic E-state index is 0.159. The van der Waals surface area contributed by atoms with Crippen molar-refractivity contribution in [3.8, 4) is 5.75 Å². The highest BCUT2D eigenvalue weighted by molar-refractivity contribution is 5.36. The Morgan fingerprint density at radius 3 is 2.18 bits per heavy atom. The molecular weight excluding hydrogens is 237 g/mol. The molecular formula is C11H11F3O3. The quantitative estimate of drug-likeness (QED) is 0.657. The van der Waals surface area contributed by atoms with Crippen molar-refractivity contribution in [1.29, 1.82) is 0 Å². The zero-order chi connectivity index (χ0) is 12.5. The Morgan fingerprint density at radius 2 is 1.76 bits per heavy atom. The molecule has 3 nitrogen and oxygen atoms in total. The van der Waals surface area contributed by atoms with E-state index < -0.39 is 6.36 Å². The van der Waals surface area contributed by atoms with Crippen LogP contribution in [0.3, 0.4) is 0 Å². The van der Waals surface area contributed by atoms with Crippen molar-refractivity contribution >= 4 is 0 Å². The monoisotopic (exact) mass is 248 g/mol. The number of benzene rings is 1. The molecule has 1 fully saturated rings. The predicted molar refractivity (Wildman–Crippen MR) is 52.6 cm³/mol. The first-order valence-corrected chi connectivity index (χ1v) is 5.08. The maximum absolute atomic E-state index is 11.9. The van der Waals surface area contributed by atoms with Gasteiger partial charge in [-0.2, -0.15) is 0 Å². The molecule has 0 heterocycles. The highest BCUT2D eigenvalue weighted by atomic mass is 19.4. The highest BCUT2D eigenvalue weighted by Crippen LogP contribution is 2.48. The molecule has 6 heteroatoms. The summed E-state index contributed by atoms with van der Waals surface area (Å²) in [4.78, 5) is 4.12. The van der Waals surface area contributed by atoms with Gasteiger partial charge >= 0.3 is 6.36 Å². The molecule has 0 bridgehead atoms. The first-order valence-electron chi connectivity index (χ1n) is 5.08.